The van der Waals surface area contributed by atoms with Crippen LogP contribution in [-0.4, -0.2) is 67.2 Å². The van der Waals surface area contributed by atoms with Crippen molar-refractivity contribution in [3.05, 3.63) is 30.1 Å². The molecule has 2 saturated heterocycles. The van der Waals surface area contributed by atoms with Crippen molar-refractivity contribution < 1.29 is 18.7 Å². The first-order valence-corrected chi connectivity index (χ1v) is 8.56. The predicted octanol–water partition coefficient (Wildman–Crippen LogP) is 1.92. The van der Waals surface area contributed by atoms with Gasteiger partial charge in [-0.3, -0.25) is 9.69 Å². The second-order valence-electron chi connectivity index (χ2n) is 6.72. The Balaban J connectivity index is 1.48. The third-order valence-corrected chi connectivity index (χ3v) is 5.13. The van der Waals surface area contributed by atoms with E-state index in [9.17, 15) is 9.18 Å². The van der Waals surface area contributed by atoms with Crippen molar-refractivity contribution in [3.8, 4) is 5.75 Å². The Labute approximate surface area is 142 Å². The van der Waals surface area contributed by atoms with E-state index >= 15 is 0 Å². The van der Waals surface area contributed by atoms with Gasteiger partial charge in [-0.1, -0.05) is 6.07 Å². The molecule has 0 radical (unpaired) electrons. The molecule has 1 aromatic carbocycles. The molecule has 2 heterocycles. The van der Waals surface area contributed by atoms with E-state index in [1.807, 2.05) is 4.90 Å². The highest BCUT2D eigenvalue weighted by Crippen LogP contribution is 2.29. The van der Waals surface area contributed by atoms with Crippen molar-refractivity contribution in [2.24, 2.45) is 0 Å². The minimum atomic E-state index is -0.362. The van der Waals surface area contributed by atoms with Gasteiger partial charge in [0.05, 0.1) is 13.2 Å². The summed E-state index contributed by atoms with van der Waals surface area (Å²) in [6, 6.07) is 5.87. The van der Waals surface area contributed by atoms with Gasteiger partial charge in [0, 0.05) is 37.8 Å². The highest BCUT2D eigenvalue weighted by atomic mass is 19.1. The molecule has 2 aliphatic rings. The number of piperidine rings is 1. The molecule has 0 bridgehead atoms. The first-order valence-electron chi connectivity index (χ1n) is 8.56. The second kappa shape index (κ2) is 7.49. The standard InChI is InChI=1S/C18H25FN2O3/c1-18(21-9-11-23-12-10-21)5-7-20(8-6-18)17(22)14-24-16-4-2-3-15(19)13-16/h2-4,13H,5-12,14H2,1H3. The van der Waals surface area contributed by atoms with E-state index < -0.39 is 0 Å². The molecule has 1 aromatic rings. The number of ether oxygens (including phenoxy) is 2. The monoisotopic (exact) mass is 336 g/mol. The van der Waals surface area contributed by atoms with Crippen LogP contribution in [0.15, 0.2) is 24.3 Å². The summed E-state index contributed by atoms with van der Waals surface area (Å²) in [5, 5.41) is 0. The molecular weight excluding hydrogens is 311 g/mol. The van der Waals surface area contributed by atoms with Gasteiger partial charge in [0.1, 0.15) is 11.6 Å². The van der Waals surface area contributed by atoms with Gasteiger partial charge in [-0.25, -0.2) is 4.39 Å². The molecule has 24 heavy (non-hydrogen) atoms. The van der Waals surface area contributed by atoms with E-state index in [0.29, 0.717) is 5.75 Å². The fourth-order valence-electron chi connectivity index (χ4n) is 3.45. The molecule has 0 saturated carbocycles. The topological polar surface area (TPSA) is 42.0 Å². The Kier molecular flexibility index (Phi) is 5.36. The number of carbonyl (C=O) groups is 1. The van der Waals surface area contributed by atoms with Gasteiger partial charge < -0.3 is 14.4 Å². The van der Waals surface area contributed by atoms with Gasteiger partial charge in [-0.2, -0.15) is 0 Å². The number of carbonyl (C=O) groups excluding carboxylic acids is 1. The average molecular weight is 336 g/mol. The highest BCUT2D eigenvalue weighted by molar-refractivity contribution is 5.77. The zero-order valence-electron chi connectivity index (χ0n) is 14.2. The van der Waals surface area contributed by atoms with Gasteiger partial charge >= 0.3 is 0 Å². The van der Waals surface area contributed by atoms with Crippen LogP contribution in [0.5, 0.6) is 5.75 Å². The molecule has 132 valence electrons. The molecule has 0 atom stereocenters. The van der Waals surface area contributed by atoms with Crippen LogP contribution in [0, 0.1) is 5.82 Å². The molecule has 0 aromatic heterocycles. The number of benzene rings is 1. The SMILES string of the molecule is CC1(N2CCOCC2)CCN(C(=O)COc2cccc(F)c2)CC1. The molecule has 5 nitrogen and oxygen atoms in total. The van der Waals surface area contributed by atoms with Crippen molar-refractivity contribution in [1.82, 2.24) is 9.80 Å². The van der Waals surface area contributed by atoms with E-state index in [1.165, 1.54) is 12.1 Å². The number of hydrogen-bond acceptors (Lipinski definition) is 4. The van der Waals surface area contributed by atoms with Crippen LogP contribution in [-0.2, 0) is 9.53 Å². The van der Waals surface area contributed by atoms with Gasteiger partial charge in [-0.15, -0.1) is 0 Å². The number of likely N-dealkylation sites (tertiary alicyclic amines) is 1. The maximum Gasteiger partial charge on any atom is 0.260 e. The lowest BCUT2D eigenvalue weighted by atomic mass is 9.87. The summed E-state index contributed by atoms with van der Waals surface area (Å²) in [6.45, 7) is 7.22. The largest absolute Gasteiger partial charge is 0.484 e. The van der Waals surface area contributed by atoms with Gasteiger partial charge in [-0.05, 0) is 31.9 Å². The van der Waals surface area contributed by atoms with Crippen LogP contribution in [0.25, 0.3) is 0 Å². The number of halogens is 1. The normalized spacial score (nSPS) is 21.5. The quantitative estimate of drug-likeness (QED) is 0.842. The van der Waals surface area contributed by atoms with E-state index in [4.69, 9.17) is 9.47 Å². The van der Waals surface area contributed by atoms with Crippen molar-refractivity contribution in [2.45, 2.75) is 25.3 Å². The summed E-state index contributed by atoms with van der Waals surface area (Å²) in [5.41, 5.74) is 0.143. The van der Waals surface area contributed by atoms with Gasteiger partial charge in [0.2, 0.25) is 0 Å². The first-order chi connectivity index (χ1) is 11.6. The Morgan fingerprint density at radius 2 is 1.96 bits per heavy atom. The number of morpholine rings is 1. The molecule has 3 rings (SSSR count). The van der Waals surface area contributed by atoms with Crippen LogP contribution in [0.2, 0.25) is 0 Å². The summed E-state index contributed by atoms with van der Waals surface area (Å²) in [4.78, 5) is 16.7. The van der Waals surface area contributed by atoms with Crippen LogP contribution in [0.1, 0.15) is 19.8 Å². The lowest BCUT2D eigenvalue weighted by molar-refractivity contribution is -0.136. The minimum Gasteiger partial charge on any atom is -0.484 e. The average Bonchev–Trinajstić information content (AvgIpc) is 2.61. The third-order valence-electron chi connectivity index (χ3n) is 5.13. The van der Waals surface area contributed by atoms with Crippen LogP contribution in [0.4, 0.5) is 4.39 Å². The molecule has 0 unspecified atom stereocenters. The molecule has 2 aliphatic heterocycles. The molecule has 0 spiro atoms. The Bertz CT molecular complexity index is 567. The van der Waals surface area contributed by atoms with Gasteiger partial charge in [0.25, 0.3) is 5.91 Å². The molecule has 0 aliphatic carbocycles. The zero-order valence-corrected chi connectivity index (χ0v) is 14.2. The first kappa shape index (κ1) is 17.2. The minimum absolute atomic E-state index is 0.0386. The zero-order chi connectivity index (χ0) is 17.0. The Morgan fingerprint density at radius 3 is 2.62 bits per heavy atom. The number of rotatable bonds is 4. The molecule has 2 fully saturated rings. The van der Waals surface area contributed by atoms with Crippen LogP contribution in [0.3, 0.4) is 0 Å². The number of amides is 1. The summed E-state index contributed by atoms with van der Waals surface area (Å²) < 4.78 is 24.0. The van der Waals surface area contributed by atoms with Crippen molar-refractivity contribution in [1.29, 1.82) is 0 Å². The fourth-order valence-corrected chi connectivity index (χ4v) is 3.45. The number of nitrogens with zero attached hydrogens (tertiary/aromatic N) is 2. The van der Waals surface area contributed by atoms with Crippen LogP contribution < -0.4 is 4.74 Å². The van der Waals surface area contributed by atoms with Crippen LogP contribution >= 0.6 is 0 Å². The van der Waals surface area contributed by atoms with E-state index in [2.05, 4.69) is 11.8 Å². The summed E-state index contributed by atoms with van der Waals surface area (Å²) in [7, 11) is 0. The fraction of sp³-hybridized carbons (Fsp3) is 0.611. The van der Waals surface area contributed by atoms with Gasteiger partial charge in [0.15, 0.2) is 6.61 Å². The third kappa shape index (κ3) is 4.05. The van der Waals surface area contributed by atoms with E-state index in [-0.39, 0.29) is 23.9 Å². The van der Waals surface area contributed by atoms with E-state index in [0.717, 1.165) is 52.2 Å². The maximum absolute atomic E-state index is 13.1. The second-order valence-corrected chi connectivity index (χ2v) is 6.72. The lowest BCUT2D eigenvalue weighted by Gasteiger charge is -2.48. The van der Waals surface area contributed by atoms with E-state index in [1.54, 1.807) is 12.1 Å². The summed E-state index contributed by atoms with van der Waals surface area (Å²) >= 11 is 0. The maximum atomic E-state index is 13.1. The molecule has 6 heteroatoms. The lowest BCUT2D eigenvalue weighted by Crippen LogP contribution is -2.57. The summed E-state index contributed by atoms with van der Waals surface area (Å²) in [6.07, 6.45) is 1.91. The number of hydrogen-bond donors (Lipinski definition) is 0. The predicted molar refractivity (Wildman–Crippen MR) is 88.5 cm³/mol. The molecular formula is C18H25FN2O3. The van der Waals surface area contributed by atoms with Crippen molar-refractivity contribution in [3.63, 3.8) is 0 Å². The molecule has 1 amide bonds. The Morgan fingerprint density at radius 1 is 1.25 bits per heavy atom. The highest BCUT2D eigenvalue weighted by Gasteiger charge is 2.37. The van der Waals surface area contributed by atoms with Crippen molar-refractivity contribution >= 4 is 5.91 Å². The van der Waals surface area contributed by atoms with Crippen molar-refractivity contribution in [2.75, 3.05) is 46.0 Å². The molecule has 0 N–H and O–H groups in total. The summed E-state index contributed by atoms with van der Waals surface area (Å²) in [5.74, 6) is -0.0130. The smallest absolute Gasteiger partial charge is 0.260 e. The Hall–Kier alpha value is -1.66.